The van der Waals surface area contributed by atoms with E-state index in [9.17, 15) is 4.39 Å². The van der Waals surface area contributed by atoms with E-state index in [2.05, 4.69) is 4.98 Å². The summed E-state index contributed by atoms with van der Waals surface area (Å²) in [4.78, 5) is 3.17. The lowest BCUT2D eigenvalue weighted by molar-refractivity contribution is 0.624. The highest BCUT2D eigenvalue weighted by Gasteiger charge is 2.06. The van der Waals surface area contributed by atoms with Crippen LogP contribution in [0.5, 0.6) is 0 Å². The Morgan fingerprint density at radius 1 is 1.24 bits per heavy atom. The van der Waals surface area contributed by atoms with Gasteiger partial charge < -0.3 is 9.55 Å². The van der Waals surface area contributed by atoms with E-state index < -0.39 is 0 Å². The molecule has 0 saturated carbocycles. The Morgan fingerprint density at radius 3 is 2.81 bits per heavy atom. The van der Waals surface area contributed by atoms with Crippen molar-refractivity contribution in [3.05, 3.63) is 63.1 Å². The van der Waals surface area contributed by atoms with Gasteiger partial charge in [-0.25, -0.2) is 4.39 Å². The lowest BCUT2D eigenvalue weighted by Gasteiger charge is -2.08. The minimum atomic E-state index is -0.202. The molecule has 108 valence electrons. The molecule has 0 radical (unpaired) electrons. The quantitative estimate of drug-likeness (QED) is 0.670. The summed E-state index contributed by atoms with van der Waals surface area (Å²) >= 11 is 11.4. The van der Waals surface area contributed by atoms with Crippen LogP contribution >= 0.6 is 23.8 Å². The molecular weight excluding hydrogens is 307 g/mol. The average molecular weight is 321 g/mol. The molecule has 0 saturated heterocycles. The van der Waals surface area contributed by atoms with E-state index >= 15 is 0 Å². The van der Waals surface area contributed by atoms with Gasteiger partial charge in [-0.05, 0) is 67.0 Å². The summed E-state index contributed by atoms with van der Waals surface area (Å²) in [5, 5.41) is 0.684. The maximum atomic E-state index is 13.1. The van der Waals surface area contributed by atoms with E-state index in [4.69, 9.17) is 23.8 Å². The number of benzene rings is 2. The van der Waals surface area contributed by atoms with Crippen molar-refractivity contribution in [2.24, 2.45) is 0 Å². The number of hydrogen-bond donors (Lipinski definition) is 1. The van der Waals surface area contributed by atoms with Gasteiger partial charge in [0, 0.05) is 11.6 Å². The van der Waals surface area contributed by atoms with Crippen molar-refractivity contribution in [1.29, 1.82) is 0 Å². The van der Waals surface area contributed by atoms with E-state index in [0.717, 1.165) is 35.1 Å². The lowest BCUT2D eigenvalue weighted by atomic mass is 10.1. The molecule has 0 spiro atoms. The van der Waals surface area contributed by atoms with Crippen LogP contribution in [0.15, 0.2) is 36.4 Å². The van der Waals surface area contributed by atoms with E-state index in [1.165, 1.54) is 6.07 Å². The topological polar surface area (TPSA) is 20.7 Å². The summed E-state index contributed by atoms with van der Waals surface area (Å²) < 4.78 is 15.8. The van der Waals surface area contributed by atoms with Crippen LogP contribution in [0.4, 0.5) is 4.39 Å². The fourth-order valence-electron chi connectivity index (χ4n) is 2.52. The summed E-state index contributed by atoms with van der Waals surface area (Å²) in [7, 11) is 0. The number of hydrogen-bond acceptors (Lipinski definition) is 1. The molecule has 0 fully saturated rings. The minimum Gasteiger partial charge on any atom is -0.331 e. The second-order valence-corrected chi connectivity index (χ2v) is 5.89. The first-order valence-electron chi connectivity index (χ1n) is 6.68. The van der Waals surface area contributed by atoms with Crippen LogP contribution in [0.3, 0.4) is 0 Å². The molecule has 3 rings (SSSR count). The standard InChI is InChI=1S/C16H14ClFN2S/c1-10-8-13(18)4-2-11(10)6-7-20-15-9-12(17)3-5-14(15)19-16(20)21/h2-5,8-9H,6-7H2,1H3,(H,19,21). The fourth-order valence-corrected chi connectivity index (χ4v) is 2.99. The number of aromatic nitrogens is 2. The zero-order valence-electron chi connectivity index (χ0n) is 11.5. The molecule has 3 aromatic rings. The highest BCUT2D eigenvalue weighted by Crippen LogP contribution is 2.20. The van der Waals surface area contributed by atoms with Crippen molar-refractivity contribution in [2.75, 3.05) is 0 Å². The number of nitrogens with zero attached hydrogens (tertiary/aromatic N) is 1. The van der Waals surface area contributed by atoms with Gasteiger partial charge in [-0.2, -0.15) is 0 Å². The molecule has 2 aromatic carbocycles. The molecule has 0 bridgehead atoms. The molecule has 0 aliphatic rings. The van der Waals surface area contributed by atoms with E-state index in [0.29, 0.717) is 9.79 Å². The van der Waals surface area contributed by atoms with Gasteiger partial charge in [-0.1, -0.05) is 17.7 Å². The van der Waals surface area contributed by atoms with Crippen LogP contribution in [0.25, 0.3) is 11.0 Å². The summed E-state index contributed by atoms with van der Waals surface area (Å²) in [6.45, 7) is 2.65. The summed E-state index contributed by atoms with van der Waals surface area (Å²) in [5.74, 6) is -0.202. The Balaban J connectivity index is 1.93. The number of aryl methyl sites for hydroxylation is 3. The normalized spacial score (nSPS) is 11.2. The van der Waals surface area contributed by atoms with Crippen LogP contribution in [-0.4, -0.2) is 9.55 Å². The van der Waals surface area contributed by atoms with Gasteiger partial charge in [0.1, 0.15) is 5.82 Å². The molecular formula is C16H14ClFN2S. The molecule has 0 aliphatic carbocycles. The Labute approximate surface area is 132 Å². The molecule has 0 atom stereocenters. The highest BCUT2D eigenvalue weighted by molar-refractivity contribution is 7.71. The highest BCUT2D eigenvalue weighted by atomic mass is 35.5. The molecule has 21 heavy (non-hydrogen) atoms. The van der Waals surface area contributed by atoms with Crippen LogP contribution in [0.2, 0.25) is 5.02 Å². The third kappa shape index (κ3) is 2.87. The first-order chi connectivity index (χ1) is 10.0. The maximum absolute atomic E-state index is 13.1. The zero-order chi connectivity index (χ0) is 15.0. The molecule has 5 heteroatoms. The fraction of sp³-hybridized carbons (Fsp3) is 0.188. The molecule has 0 amide bonds. The van der Waals surface area contributed by atoms with Gasteiger partial charge in [-0.15, -0.1) is 0 Å². The second kappa shape index (κ2) is 5.62. The third-order valence-electron chi connectivity index (χ3n) is 3.65. The van der Waals surface area contributed by atoms with Crippen LogP contribution < -0.4 is 0 Å². The van der Waals surface area contributed by atoms with Gasteiger partial charge in [0.2, 0.25) is 0 Å². The van der Waals surface area contributed by atoms with Crippen molar-refractivity contribution >= 4 is 34.9 Å². The number of imidazole rings is 1. The molecule has 2 nitrogen and oxygen atoms in total. The monoisotopic (exact) mass is 320 g/mol. The Bertz CT molecular complexity index is 866. The number of fused-ring (bicyclic) bond motifs is 1. The van der Waals surface area contributed by atoms with Gasteiger partial charge >= 0.3 is 0 Å². The van der Waals surface area contributed by atoms with Crippen molar-refractivity contribution in [1.82, 2.24) is 9.55 Å². The third-order valence-corrected chi connectivity index (χ3v) is 4.20. The lowest BCUT2D eigenvalue weighted by Crippen LogP contribution is -2.03. The van der Waals surface area contributed by atoms with Crippen LogP contribution in [-0.2, 0) is 13.0 Å². The summed E-state index contributed by atoms with van der Waals surface area (Å²) in [6, 6.07) is 10.5. The minimum absolute atomic E-state index is 0.202. The first kappa shape index (κ1) is 14.3. The van der Waals surface area contributed by atoms with Crippen LogP contribution in [0.1, 0.15) is 11.1 Å². The van der Waals surface area contributed by atoms with Gasteiger partial charge in [0.05, 0.1) is 11.0 Å². The van der Waals surface area contributed by atoms with E-state index in [1.54, 1.807) is 6.07 Å². The van der Waals surface area contributed by atoms with Gasteiger partial charge in [0.25, 0.3) is 0 Å². The molecule has 1 aromatic heterocycles. The SMILES string of the molecule is Cc1cc(F)ccc1CCn1c(=S)[nH]c2ccc(Cl)cc21. The van der Waals surface area contributed by atoms with Crippen molar-refractivity contribution in [3.63, 3.8) is 0 Å². The predicted octanol–water partition coefficient (Wildman–Crippen LogP) is 5.04. The number of aromatic amines is 1. The van der Waals surface area contributed by atoms with Crippen molar-refractivity contribution in [3.8, 4) is 0 Å². The largest absolute Gasteiger partial charge is 0.331 e. The van der Waals surface area contributed by atoms with E-state index in [1.807, 2.05) is 35.8 Å². The molecule has 1 heterocycles. The van der Waals surface area contributed by atoms with E-state index in [-0.39, 0.29) is 5.82 Å². The Morgan fingerprint density at radius 2 is 2.05 bits per heavy atom. The number of H-pyrrole nitrogens is 1. The zero-order valence-corrected chi connectivity index (χ0v) is 13.1. The average Bonchev–Trinajstić information content (AvgIpc) is 2.73. The van der Waals surface area contributed by atoms with Crippen LogP contribution in [0, 0.1) is 17.5 Å². The molecule has 0 unspecified atom stereocenters. The van der Waals surface area contributed by atoms with Crippen molar-refractivity contribution in [2.45, 2.75) is 19.9 Å². The summed E-state index contributed by atoms with van der Waals surface area (Å²) in [6.07, 6.45) is 0.792. The first-order valence-corrected chi connectivity index (χ1v) is 7.46. The predicted molar refractivity (Wildman–Crippen MR) is 87.0 cm³/mol. The Kier molecular flexibility index (Phi) is 3.83. The number of rotatable bonds is 3. The van der Waals surface area contributed by atoms with Crippen molar-refractivity contribution < 1.29 is 4.39 Å². The van der Waals surface area contributed by atoms with Gasteiger partial charge in [0.15, 0.2) is 4.77 Å². The molecule has 1 N–H and O–H groups in total. The number of nitrogens with one attached hydrogen (secondary N) is 1. The second-order valence-electron chi connectivity index (χ2n) is 5.06. The Hall–Kier alpha value is -1.65. The molecule has 0 aliphatic heterocycles. The summed E-state index contributed by atoms with van der Waals surface area (Å²) in [5.41, 5.74) is 4.04. The number of halogens is 2. The van der Waals surface area contributed by atoms with Gasteiger partial charge in [-0.3, -0.25) is 0 Å². The maximum Gasteiger partial charge on any atom is 0.178 e. The smallest absolute Gasteiger partial charge is 0.178 e.